The molecule has 1 N–H and O–H groups in total. The average molecular weight is 260 g/mol. The van der Waals surface area contributed by atoms with E-state index < -0.39 is 0 Å². The summed E-state index contributed by atoms with van der Waals surface area (Å²) in [4.78, 5) is 0. The second-order valence-corrected chi connectivity index (χ2v) is 4.37. The Morgan fingerprint density at radius 3 is 2.86 bits per heavy atom. The van der Waals surface area contributed by atoms with Gasteiger partial charge in [-0.3, -0.25) is 0 Å². The molecule has 1 nitrogen and oxygen atoms in total. The first-order chi connectivity index (χ1) is 6.65. The van der Waals surface area contributed by atoms with Gasteiger partial charge in [-0.1, -0.05) is 19.1 Å². The molecule has 0 aromatic heterocycles. The van der Waals surface area contributed by atoms with Gasteiger partial charge in [0.05, 0.1) is 4.47 Å². The van der Waals surface area contributed by atoms with E-state index in [4.69, 9.17) is 0 Å². The molecule has 0 spiro atoms. The van der Waals surface area contributed by atoms with Crippen LogP contribution in [0.1, 0.15) is 12.5 Å². The van der Waals surface area contributed by atoms with Gasteiger partial charge in [0.1, 0.15) is 5.82 Å². The zero-order valence-electron chi connectivity index (χ0n) is 8.48. The van der Waals surface area contributed by atoms with Crippen molar-refractivity contribution in [3.05, 3.63) is 34.1 Å². The van der Waals surface area contributed by atoms with Crippen molar-refractivity contribution in [3.8, 4) is 0 Å². The van der Waals surface area contributed by atoms with Gasteiger partial charge in [-0.25, -0.2) is 4.39 Å². The lowest BCUT2D eigenvalue weighted by Crippen LogP contribution is -2.18. The Labute approximate surface area is 92.8 Å². The van der Waals surface area contributed by atoms with Crippen LogP contribution in [0.5, 0.6) is 0 Å². The van der Waals surface area contributed by atoms with Crippen LogP contribution in [-0.2, 0) is 6.42 Å². The predicted molar refractivity (Wildman–Crippen MR) is 60.9 cm³/mol. The lowest BCUT2D eigenvalue weighted by atomic mass is 10.0. The minimum absolute atomic E-state index is 0.181. The highest BCUT2D eigenvalue weighted by Crippen LogP contribution is 2.22. The maximum atomic E-state index is 13.2. The van der Waals surface area contributed by atoms with Gasteiger partial charge in [0.2, 0.25) is 0 Å². The first-order valence-electron chi connectivity index (χ1n) is 4.72. The molecule has 0 amide bonds. The fourth-order valence-electron chi connectivity index (χ4n) is 1.50. The first-order valence-corrected chi connectivity index (χ1v) is 5.52. The molecular formula is C11H15BrFN. The predicted octanol–water partition coefficient (Wildman–Crippen LogP) is 2.99. The number of hydrogen-bond donors (Lipinski definition) is 1. The molecule has 0 bridgehead atoms. The standard InChI is InChI=1S/C11H15BrFN/c1-8(7-14-2)6-9-4-3-5-10(13)11(9)12/h3-5,8,14H,6-7H2,1-2H3. The van der Waals surface area contributed by atoms with Gasteiger partial charge in [0, 0.05) is 0 Å². The van der Waals surface area contributed by atoms with Crippen molar-refractivity contribution in [3.63, 3.8) is 0 Å². The Hall–Kier alpha value is -0.410. The molecule has 0 aliphatic heterocycles. The molecule has 0 heterocycles. The molecule has 0 aliphatic rings. The van der Waals surface area contributed by atoms with Crippen molar-refractivity contribution in [2.24, 2.45) is 5.92 Å². The number of benzene rings is 1. The molecule has 78 valence electrons. The van der Waals surface area contributed by atoms with E-state index in [-0.39, 0.29) is 5.82 Å². The second-order valence-electron chi connectivity index (χ2n) is 3.58. The van der Waals surface area contributed by atoms with Gasteiger partial charge in [-0.05, 0) is 53.5 Å². The van der Waals surface area contributed by atoms with Gasteiger partial charge in [-0.2, -0.15) is 0 Å². The molecule has 0 radical (unpaired) electrons. The molecule has 3 heteroatoms. The molecule has 1 atom stereocenters. The quantitative estimate of drug-likeness (QED) is 0.877. The van der Waals surface area contributed by atoms with E-state index in [9.17, 15) is 4.39 Å². The lowest BCUT2D eigenvalue weighted by molar-refractivity contribution is 0.537. The number of nitrogens with one attached hydrogen (secondary N) is 1. The van der Waals surface area contributed by atoms with E-state index in [1.54, 1.807) is 6.07 Å². The Bertz CT molecular complexity index is 301. The average Bonchev–Trinajstić information content (AvgIpc) is 2.13. The molecule has 0 saturated carbocycles. The van der Waals surface area contributed by atoms with Crippen molar-refractivity contribution in [1.29, 1.82) is 0 Å². The minimum atomic E-state index is -0.181. The number of rotatable bonds is 4. The molecule has 14 heavy (non-hydrogen) atoms. The van der Waals surface area contributed by atoms with Crippen LogP contribution in [0.3, 0.4) is 0 Å². The summed E-state index contributed by atoms with van der Waals surface area (Å²) < 4.78 is 13.8. The monoisotopic (exact) mass is 259 g/mol. The van der Waals surface area contributed by atoms with Crippen LogP contribution in [0.4, 0.5) is 4.39 Å². The highest BCUT2D eigenvalue weighted by atomic mass is 79.9. The molecule has 1 unspecified atom stereocenters. The van der Waals surface area contributed by atoms with Crippen molar-refractivity contribution in [2.45, 2.75) is 13.3 Å². The second kappa shape index (κ2) is 5.47. The van der Waals surface area contributed by atoms with Gasteiger partial charge in [0.15, 0.2) is 0 Å². The maximum Gasteiger partial charge on any atom is 0.137 e. The van der Waals surface area contributed by atoms with Gasteiger partial charge in [-0.15, -0.1) is 0 Å². The fourth-order valence-corrected chi connectivity index (χ4v) is 1.93. The highest BCUT2D eigenvalue weighted by molar-refractivity contribution is 9.10. The molecule has 1 aromatic carbocycles. The summed E-state index contributed by atoms with van der Waals surface area (Å²) >= 11 is 3.26. The third kappa shape index (κ3) is 3.07. The normalized spacial score (nSPS) is 12.9. The van der Waals surface area contributed by atoms with E-state index >= 15 is 0 Å². The van der Waals surface area contributed by atoms with Crippen LogP contribution in [-0.4, -0.2) is 13.6 Å². The van der Waals surface area contributed by atoms with Crippen LogP contribution in [0.15, 0.2) is 22.7 Å². The molecule has 0 saturated heterocycles. The van der Waals surface area contributed by atoms with Gasteiger partial charge >= 0.3 is 0 Å². The van der Waals surface area contributed by atoms with Crippen molar-refractivity contribution < 1.29 is 4.39 Å². The Kier molecular flexibility index (Phi) is 4.55. The summed E-state index contributed by atoms with van der Waals surface area (Å²) in [5.41, 5.74) is 1.03. The molecular weight excluding hydrogens is 245 g/mol. The summed E-state index contributed by atoms with van der Waals surface area (Å²) in [6.45, 7) is 3.09. The Morgan fingerprint density at radius 1 is 1.50 bits per heavy atom. The zero-order chi connectivity index (χ0) is 10.6. The number of halogens is 2. The number of hydrogen-bond acceptors (Lipinski definition) is 1. The van der Waals surface area contributed by atoms with E-state index in [2.05, 4.69) is 28.2 Å². The van der Waals surface area contributed by atoms with E-state index in [0.29, 0.717) is 10.4 Å². The minimum Gasteiger partial charge on any atom is -0.319 e. The summed E-state index contributed by atoms with van der Waals surface area (Å²) in [7, 11) is 1.93. The zero-order valence-corrected chi connectivity index (χ0v) is 10.1. The summed E-state index contributed by atoms with van der Waals surface area (Å²) in [6.07, 6.45) is 0.888. The van der Waals surface area contributed by atoms with E-state index in [0.717, 1.165) is 18.5 Å². The summed E-state index contributed by atoms with van der Waals surface area (Å²) in [6, 6.07) is 5.18. The third-order valence-corrected chi connectivity index (χ3v) is 3.04. The van der Waals surface area contributed by atoms with Crippen molar-refractivity contribution >= 4 is 15.9 Å². The van der Waals surface area contributed by atoms with Crippen LogP contribution in [0.2, 0.25) is 0 Å². The van der Waals surface area contributed by atoms with Gasteiger partial charge < -0.3 is 5.32 Å². The van der Waals surface area contributed by atoms with Gasteiger partial charge in [0.25, 0.3) is 0 Å². The van der Waals surface area contributed by atoms with Crippen LogP contribution in [0, 0.1) is 11.7 Å². The molecule has 0 aliphatic carbocycles. The van der Waals surface area contributed by atoms with Crippen LogP contribution in [0.25, 0.3) is 0 Å². The molecule has 1 rings (SSSR count). The topological polar surface area (TPSA) is 12.0 Å². The first kappa shape index (κ1) is 11.7. The molecule has 0 fully saturated rings. The largest absolute Gasteiger partial charge is 0.319 e. The van der Waals surface area contributed by atoms with Crippen molar-refractivity contribution in [1.82, 2.24) is 5.32 Å². The molecule has 1 aromatic rings. The van der Waals surface area contributed by atoms with E-state index in [1.807, 2.05) is 13.1 Å². The maximum absolute atomic E-state index is 13.2. The fraction of sp³-hybridized carbons (Fsp3) is 0.455. The van der Waals surface area contributed by atoms with Crippen LogP contribution >= 0.6 is 15.9 Å². The third-order valence-electron chi connectivity index (χ3n) is 2.15. The SMILES string of the molecule is CNCC(C)Cc1cccc(F)c1Br. The summed E-state index contributed by atoms with van der Waals surface area (Å²) in [5.74, 6) is 0.331. The smallest absolute Gasteiger partial charge is 0.137 e. The lowest BCUT2D eigenvalue weighted by Gasteiger charge is -2.12. The summed E-state index contributed by atoms with van der Waals surface area (Å²) in [5, 5.41) is 3.11. The Balaban J connectivity index is 2.71. The van der Waals surface area contributed by atoms with E-state index in [1.165, 1.54) is 6.07 Å². The highest BCUT2D eigenvalue weighted by Gasteiger charge is 2.08. The van der Waals surface area contributed by atoms with Crippen molar-refractivity contribution in [2.75, 3.05) is 13.6 Å². The van der Waals surface area contributed by atoms with Crippen LogP contribution < -0.4 is 5.32 Å². The Morgan fingerprint density at radius 2 is 2.21 bits per heavy atom.